The predicted molar refractivity (Wildman–Crippen MR) is 127 cm³/mol. The third kappa shape index (κ3) is 8.53. The van der Waals surface area contributed by atoms with Crippen LogP contribution in [0.15, 0.2) is 29.3 Å². The summed E-state index contributed by atoms with van der Waals surface area (Å²) in [5.41, 5.74) is 1.34. The quantitative estimate of drug-likeness (QED) is 0.308. The molecule has 0 spiro atoms. The Hall–Kier alpha value is -1.06. The molecule has 160 valence electrons. The van der Waals surface area contributed by atoms with Gasteiger partial charge in [-0.3, -0.25) is 4.99 Å². The molecule has 2 N–H and O–H groups in total. The molecule has 7 heteroatoms. The molecule has 0 amide bonds. The van der Waals surface area contributed by atoms with E-state index < -0.39 is 0 Å². The first-order valence-electron chi connectivity index (χ1n) is 9.98. The number of ether oxygens (including phenoxy) is 2. The number of guanidine groups is 1. The van der Waals surface area contributed by atoms with Crippen molar-refractivity contribution in [3.8, 4) is 5.75 Å². The molecule has 0 aliphatic carbocycles. The summed E-state index contributed by atoms with van der Waals surface area (Å²) in [5, 5.41) is 7.04. The van der Waals surface area contributed by atoms with Crippen LogP contribution in [-0.4, -0.2) is 71.0 Å². The first kappa shape index (κ1) is 25.0. The monoisotopic (exact) mass is 504 g/mol. The van der Waals surface area contributed by atoms with Gasteiger partial charge in [0.2, 0.25) is 0 Å². The maximum atomic E-state index is 5.23. The van der Waals surface area contributed by atoms with Gasteiger partial charge in [-0.25, -0.2) is 0 Å². The van der Waals surface area contributed by atoms with Crippen molar-refractivity contribution >= 4 is 29.9 Å². The second-order valence-corrected chi connectivity index (χ2v) is 7.21. The van der Waals surface area contributed by atoms with E-state index in [4.69, 9.17) is 9.47 Å². The SMILES string of the molecule is CN=C(NCCC(C)c1ccc(OC)cc1)NC1CCN(CCOC)CC1.I. The highest BCUT2D eigenvalue weighted by Gasteiger charge is 2.19. The minimum absolute atomic E-state index is 0. The second-order valence-electron chi connectivity index (χ2n) is 7.21. The zero-order valence-electron chi connectivity index (χ0n) is 17.7. The smallest absolute Gasteiger partial charge is 0.191 e. The van der Waals surface area contributed by atoms with E-state index in [0.717, 1.165) is 63.8 Å². The number of benzene rings is 1. The first-order valence-corrected chi connectivity index (χ1v) is 9.98. The van der Waals surface area contributed by atoms with Crippen LogP contribution in [0.1, 0.15) is 37.7 Å². The molecule has 0 radical (unpaired) electrons. The molecule has 1 aliphatic rings. The standard InChI is InChI=1S/C21H36N4O2.HI/c1-17(18-5-7-20(27-4)8-6-18)9-12-23-21(22-2)24-19-10-13-25(14-11-19)15-16-26-3;/h5-8,17,19H,9-16H2,1-4H3,(H2,22,23,24);1H. The molecule has 28 heavy (non-hydrogen) atoms. The summed E-state index contributed by atoms with van der Waals surface area (Å²) in [4.78, 5) is 6.85. The molecule has 1 saturated heterocycles. The second kappa shape index (κ2) is 14.0. The molecule has 1 unspecified atom stereocenters. The van der Waals surface area contributed by atoms with E-state index in [-0.39, 0.29) is 24.0 Å². The number of halogens is 1. The number of likely N-dealkylation sites (tertiary alicyclic amines) is 1. The normalized spacial score (nSPS) is 16.9. The van der Waals surface area contributed by atoms with Gasteiger partial charge in [0.25, 0.3) is 0 Å². The van der Waals surface area contributed by atoms with Gasteiger partial charge in [-0.2, -0.15) is 0 Å². The Morgan fingerprint density at radius 2 is 1.89 bits per heavy atom. The van der Waals surface area contributed by atoms with Crippen molar-refractivity contribution in [3.05, 3.63) is 29.8 Å². The van der Waals surface area contributed by atoms with E-state index in [9.17, 15) is 0 Å². The summed E-state index contributed by atoms with van der Waals surface area (Å²) in [7, 11) is 5.31. The Morgan fingerprint density at radius 1 is 1.21 bits per heavy atom. The first-order chi connectivity index (χ1) is 13.2. The minimum atomic E-state index is 0. The van der Waals surface area contributed by atoms with Crippen molar-refractivity contribution in [2.75, 3.05) is 54.1 Å². The lowest BCUT2D eigenvalue weighted by Gasteiger charge is -2.32. The Kier molecular flexibility index (Phi) is 12.5. The highest BCUT2D eigenvalue weighted by Crippen LogP contribution is 2.21. The Morgan fingerprint density at radius 3 is 2.46 bits per heavy atom. The molecule has 2 rings (SSSR count). The van der Waals surface area contributed by atoms with Crippen molar-refractivity contribution in [2.45, 2.75) is 38.1 Å². The zero-order chi connectivity index (χ0) is 19.5. The lowest BCUT2D eigenvalue weighted by molar-refractivity contribution is 0.128. The molecule has 1 aromatic carbocycles. The van der Waals surface area contributed by atoms with E-state index >= 15 is 0 Å². The largest absolute Gasteiger partial charge is 0.497 e. The van der Waals surface area contributed by atoms with Gasteiger partial charge in [0.05, 0.1) is 13.7 Å². The molecular weight excluding hydrogens is 467 g/mol. The lowest BCUT2D eigenvalue weighted by atomic mass is 9.98. The molecule has 0 aromatic heterocycles. The van der Waals surface area contributed by atoms with Crippen molar-refractivity contribution in [1.29, 1.82) is 0 Å². The van der Waals surface area contributed by atoms with Crippen molar-refractivity contribution < 1.29 is 9.47 Å². The third-order valence-corrected chi connectivity index (χ3v) is 5.32. The van der Waals surface area contributed by atoms with Crippen LogP contribution in [0.2, 0.25) is 0 Å². The third-order valence-electron chi connectivity index (χ3n) is 5.32. The molecule has 6 nitrogen and oxygen atoms in total. The van der Waals surface area contributed by atoms with Gasteiger partial charge in [-0.1, -0.05) is 19.1 Å². The fourth-order valence-corrected chi connectivity index (χ4v) is 3.42. The van der Waals surface area contributed by atoms with Gasteiger partial charge in [-0.15, -0.1) is 24.0 Å². The Labute approximate surface area is 187 Å². The number of piperidine rings is 1. The van der Waals surface area contributed by atoms with E-state index in [0.29, 0.717) is 12.0 Å². The minimum Gasteiger partial charge on any atom is -0.497 e. The number of aliphatic imine (C=N–C) groups is 1. The fraction of sp³-hybridized carbons (Fsp3) is 0.667. The molecule has 1 atom stereocenters. The highest BCUT2D eigenvalue weighted by molar-refractivity contribution is 14.0. The van der Waals surface area contributed by atoms with E-state index in [1.165, 1.54) is 5.56 Å². The maximum absolute atomic E-state index is 5.23. The van der Waals surface area contributed by atoms with Crippen LogP contribution in [0.3, 0.4) is 0 Å². The molecule has 1 aliphatic heterocycles. The van der Waals surface area contributed by atoms with Gasteiger partial charge < -0.3 is 25.0 Å². The van der Waals surface area contributed by atoms with Gasteiger partial charge in [0.1, 0.15) is 5.75 Å². The molecular formula is C21H37IN4O2. The fourth-order valence-electron chi connectivity index (χ4n) is 3.42. The number of nitrogens with one attached hydrogen (secondary N) is 2. The Balaban J connectivity index is 0.00000392. The van der Waals surface area contributed by atoms with Gasteiger partial charge in [0.15, 0.2) is 5.96 Å². The highest BCUT2D eigenvalue weighted by atomic mass is 127. The van der Waals surface area contributed by atoms with Crippen molar-refractivity contribution in [2.24, 2.45) is 4.99 Å². The summed E-state index contributed by atoms with van der Waals surface area (Å²) in [6.07, 6.45) is 3.35. The summed E-state index contributed by atoms with van der Waals surface area (Å²) in [6, 6.07) is 8.84. The van der Waals surface area contributed by atoms with Gasteiger partial charge in [0, 0.05) is 46.4 Å². The van der Waals surface area contributed by atoms with Crippen LogP contribution in [0, 0.1) is 0 Å². The molecule has 0 bridgehead atoms. The van der Waals surface area contributed by atoms with Crippen LogP contribution in [0.4, 0.5) is 0 Å². The molecule has 1 heterocycles. The molecule has 1 fully saturated rings. The average Bonchev–Trinajstić information content (AvgIpc) is 2.72. The van der Waals surface area contributed by atoms with Crippen molar-refractivity contribution in [1.82, 2.24) is 15.5 Å². The van der Waals surface area contributed by atoms with Crippen LogP contribution < -0.4 is 15.4 Å². The van der Waals surface area contributed by atoms with Crippen molar-refractivity contribution in [3.63, 3.8) is 0 Å². The number of rotatable bonds is 9. The Bertz CT molecular complexity index is 560. The van der Waals surface area contributed by atoms with E-state index in [1.54, 1.807) is 14.2 Å². The number of methoxy groups -OCH3 is 2. The number of hydrogen-bond donors (Lipinski definition) is 2. The summed E-state index contributed by atoms with van der Waals surface area (Å²) in [6.45, 7) is 7.24. The zero-order valence-corrected chi connectivity index (χ0v) is 20.1. The van der Waals surface area contributed by atoms with Crippen LogP contribution in [-0.2, 0) is 4.74 Å². The maximum Gasteiger partial charge on any atom is 0.191 e. The molecule has 0 saturated carbocycles. The molecule has 1 aromatic rings. The predicted octanol–water partition coefficient (Wildman–Crippen LogP) is 3.08. The summed E-state index contributed by atoms with van der Waals surface area (Å²) < 4.78 is 10.4. The summed E-state index contributed by atoms with van der Waals surface area (Å²) in [5.74, 6) is 2.31. The summed E-state index contributed by atoms with van der Waals surface area (Å²) >= 11 is 0. The van der Waals surface area contributed by atoms with E-state index in [1.807, 2.05) is 19.2 Å². The topological polar surface area (TPSA) is 58.1 Å². The van der Waals surface area contributed by atoms with Crippen LogP contribution >= 0.6 is 24.0 Å². The van der Waals surface area contributed by atoms with Gasteiger partial charge >= 0.3 is 0 Å². The van der Waals surface area contributed by atoms with Crippen LogP contribution in [0.5, 0.6) is 5.75 Å². The number of nitrogens with zero attached hydrogens (tertiary/aromatic N) is 2. The van der Waals surface area contributed by atoms with Gasteiger partial charge in [-0.05, 0) is 42.9 Å². The average molecular weight is 504 g/mol. The van der Waals surface area contributed by atoms with E-state index in [2.05, 4.69) is 39.6 Å². The lowest BCUT2D eigenvalue weighted by Crippen LogP contribution is -2.49. The number of hydrogen-bond acceptors (Lipinski definition) is 4. The van der Waals surface area contributed by atoms with Crippen LogP contribution in [0.25, 0.3) is 0 Å².